The number of alkyl halides is 1. The molecule has 4 unspecified atom stereocenters. The fraction of sp³-hybridized carbons (Fsp3) is 1.00. The zero-order chi connectivity index (χ0) is 13.2. The van der Waals surface area contributed by atoms with Gasteiger partial charge >= 0.3 is 0 Å². The predicted octanol–water partition coefficient (Wildman–Crippen LogP) is 3.93. The molecule has 0 N–H and O–H groups in total. The summed E-state index contributed by atoms with van der Waals surface area (Å²) in [5.41, 5.74) is 0. The van der Waals surface area contributed by atoms with E-state index in [0.29, 0.717) is 10.7 Å². The molecule has 4 heteroatoms. The first-order chi connectivity index (χ1) is 8.47. The van der Waals surface area contributed by atoms with Gasteiger partial charge < -0.3 is 0 Å². The SMILES string of the molecule is CS(=O)(=O)C1CCCC(C2CCCCC(Br)C2)C1. The van der Waals surface area contributed by atoms with E-state index in [1.54, 1.807) is 0 Å². The first-order valence-corrected chi connectivity index (χ1v) is 10.2. The summed E-state index contributed by atoms with van der Waals surface area (Å²) in [6.45, 7) is 0. The number of rotatable bonds is 2. The van der Waals surface area contributed by atoms with Crippen molar-refractivity contribution >= 4 is 25.8 Å². The summed E-state index contributed by atoms with van der Waals surface area (Å²) in [6, 6.07) is 0. The molecule has 0 aromatic heterocycles. The quantitative estimate of drug-likeness (QED) is 0.565. The van der Waals surface area contributed by atoms with Crippen molar-refractivity contribution in [3.05, 3.63) is 0 Å². The Kier molecular flexibility index (Phi) is 5.15. The summed E-state index contributed by atoms with van der Waals surface area (Å²) in [4.78, 5) is 0.656. The van der Waals surface area contributed by atoms with Crippen LogP contribution in [-0.2, 0) is 9.84 Å². The second-order valence-corrected chi connectivity index (χ2v) is 9.88. The van der Waals surface area contributed by atoms with Gasteiger partial charge in [-0.25, -0.2) is 8.42 Å². The van der Waals surface area contributed by atoms with E-state index in [9.17, 15) is 8.42 Å². The lowest BCUT2D eigenvalue weighted by atomic mass is 9.76. The van der Waals surface area contributed by atoms with Gasteiger partial charge in [-0.1, -0.05) is 48.0 Å². The Morgan fingerprint density at radius 2 is 1.50 bits per heavy atom. The normalized spacial score (nSPS) is 39.2. The molecule has 0 bridgehead atoms. The number of halogens is 1. The molecule has 0 radical (unpaired) electrons. The van der Waals surface area contributed by atoms with Crippen molar-refractivity contribution in [3.63, 3.8) is 0 Å². The molecule has 0 aromatic carbocycles. The summed E-state index contributed by atoms with van der Waals surface area (Å²) in [7, 11) is -2.83. The minimum atomic E-state index is -2.83. The van der Waals surface area contributed by atoms with Crippen molar-refractivity contribution in [3.8, 4) is 0 Å². The van der Waals surface area contributed by atoms with Crippen LogP contribution in [0, 0.1) is 11.8 Å². The van der Waals surface area contributed by atoms with Crippen LogP contribution in [0.2, 0.25) is 0 Å². The minimum absolute atomic E-state index is 0.0618. The molecule has 2 rings (SSSR count). The molecular formula is C14H25BrO2S. The van der Waals surface area contributed by atoms with E-state index < -0.39 is 9.84 Å². The largest absolute Gasteiger partial charge is 0.229 e. The van der Waals surface area contributed by atoms with E-state index in [0.717, 1.165) is 25.2 Å². The second-order valence-electron chi connectivity index (χ2n) is 6.26. The molecule has 0 spiro atoms. The van der Waals surface area contributed by atoms with Crippen molar-refractivity contribution in [2.45, 2.75) is 67.9 Å². The monoisotopic (exact) mass is 336 g/mol. The molecule has 4 atom stereocenters. The Labute approximate surface area is 120 Å². The zero-order valence-electron chi connectivity index (χ0n) is 11.3. The standard InChI is InChI=1S/C14H25BrO2S/c1-18(16,17)14-8-4-6-12(10-14)11-5-2-3-7-13(15)9-11/h11-14H,2-10H2,1H3. The average Bonchev–Trinajstić information content (AvgIpc) is 2.53. The van der Waals surface area contributed by atoms with Gasteiger partial charge in [-0.3, -0.25) is 0 Å². The van der Waals surface area contributed by atoms with Crippen LogP contribution < -0.4 is 0 Å². The van der Waals surface area contributed by atoms with Crippen molar-refractivity contribution in [1.29, 1.82) is 0 Å². The molecule has 0 amide bonds. The van der Waals surface area contributed by atoms with Crippen molar-refractivity contribution < 1.29 is 8.42 Å². The average molecular weight is 337 g/mol. The summed E-state index contributed by atoms with van der Waals surface area (Å²) < 4.78 is 23.5. The summed E-state index contributed by atoms with van der Waals surface area (Å²) in [5, 5.41) is -0.0618. The van der Waals surface area contributed by atoms with Crippen LogP contribution in [0.25, 0.3) is 0 Å². The van der Waals surface area contributed by atoms with Crippen LogP contribution >= 0.6 is 15.9 Å². The van der Waals surface area contributed by atoms with E-state index in [4.69, 9.17) is 0 Å². The summed E-state index contributed by atoms with van der Waals surface area (Å²) >= 11 is 3.78. The van der Waals surface area contributed by atoms with Crippen LogP contribution in [0.4, 0.5) is 0 Å². The highest BCUT2D eigenvalue weighted by Gasteiger charge is 2.34. The summed E-state index contributed by atoms with van der Waals surface area (Å²) in [6.07, 6.45) is 12.1. The lowest BCUT2D eigenvalue weighted by Gasteiger charge is -2.34. The molecule has 2 fully saturated rings. The van der Waals surface area contributed by atoms with E-state index in [-0.39, 0.29) is 5.25 Å². The molecule has 2 nitrogen and oxygen atoms in total. The molecule has 0 saturated heterocycles. The van der Waals surface area contributed by atoms with Gasteiger partial charge in [0, 0.05) is 11.1 Å². The third-order valence-electron chi connectivity index (χ3n) is 4.84. The predicted molar refractivity (Wildman–Crippen MR) is 79.9 cm³/mol. The molecule has 2 aliphatic carbocycles. The van der Waals surface area contributed by atoms with E-state index in [2.05, 4.69) is 15.9 Å². The van der Waals surface area contributed by atoms with E-state index in [1.165, 1.54) is 44.8 Å². The Balaban J connectivity index is 1.99. The molecule has 0 aromatic rings. The fourth-order valence-electron chi connectivity index (χ4n) is 3.76. The molecular weight excluding hydrogens is 312 g/mol. The Bertz CT molecular complexity index is 366. The van der Waals surface area contributed by atoms with Crippen LogP contribution in [0.15, 0.2) is 0 Å². The van der Waals surface area contributed by atoms with E-state index in [1.807, 2.05) is 0 Å². The maximum Gasteiger partial charge on any atom is 0.150 e. The van der Waals surface area contributed by atoms with Crippen molar-refractivity contribution in [2.24, 2.45) is 11.8 Å². The smallest absolute Gasteiger partial charge is 0.150 e. The highest BCUT2D eigenvalue weighted by Crippen LogP contribution is 2.40. The van der Waals surface area contributed by atoms with Crippen molar-refractivity contribution in [2.75, 3.05) is 6.26 Å². The lowest BCUT2D eigenvalue weighted by Crippen LogP contribution is -2.31. The maximum atomic E-state index is 11.7. The van der Waals surface area contributed by atoms with Crippen molar-refractivity contribution in [1.82, 2.24) is 0 Å². The maximum absolute atomic E-state index is 11.7. The number of hydrogen-bond acceptors (Lipinski definition) is 2. The number of hydrogen-bond donors (Lipinski definition) is 0. The lowest BCUT2D eigenvalue weighted by molar-refractivity contribution is 0.230. The Morgan fingerprint density at radius 1 is 0.889 bits per heavy atom. The first-order valence-electron chi connectivity index (χ1n) is 7.29. The molecule has 2 saturated carbocycles. The second kappa shape index (κ2) is 6.25. The van der Waals surface area contributed by atoms with Crippen LogP contribution in [-0.4, -0.2) is 24.8 Å². The third-order valence-corrected chi connectivity index (χ3v) is 7.31. The van der Waals surface area contributed by atoms with Gasteiger partial charge in [-0.2, -0.15) is 0 Å². The van der Waals surface area contributed by atoms with Crippen LogP contribution in [0.5, 0.6) is 0 Å². The van der Waals surface area contributed by atoms with Gasteiger partial charge in [0.15, 0.2) is 0 Å². The zero-order valence-corrected chi connectivity index (χ0v) is 13.7. The third kappa shape index (κ3) is 3.96. The highest BCUT2D eigenvalue weighted by atomic mass is 79.9. The van der Waals surface area contributed by atoms with Gasteiger partial charge in [0.25, 0.3) is 0 Å². The summed E-state index contributed by atoms with van der Waals surface area (Å²) in [5.74, 6) is 1.40. The van der Waals surface area contributed by atoms with Gasteiger partial charge in [-0.05, 0) is 37.5 Å². The highest BCUT2D eigenvalue weighted by molar-refractivity contribution is 9.09. The Morgan fingerprint density at radius 3 is 2.22 bits per heavy atom. The molecule has 0 heterocycles. The molecule has 106 valence electrons. The first kappa shape index (κ1) is 14.8. The van der Waals surface area contributed by atoms with Crippen LogP contribution in [0.1, 0.15) is 57.8 Å². The molecule has 2 aliphatic rings. The van der Waals surface area contributed by atoms with Gasteiger partial charge in [0.1, 0.15) is 9.84 Å². The van der Waals surface area contributed by atoms with Gasteiger partial charge in [0.2, 0.25) is 0 Å². The van der Waals surface area contributed by atoms with E-state index >= 15 is 0 Å². The molecule has 18 heavy (non-hydrogen) atoms. The van der Waals surface area contributed by atoms with Gasteiger partial charge in [0.05, 0.1) is 5.25 Å². The van der Waals surface area contributed by atoms with Crippen LogP contribution in [0.3, 0.4) is 0 Å². The molecule has 0 aliphatic heterocycles. The topological polar surface area (TPSA) is 34.1 Å². The number of sulfone groups is 1. The minimum Gasteiger partial charge on any atom is -0.229 e. The Hall–Kier alpha value is 0.430. The van der Waals surface area contributed by atoms with Gasteiger partial charge in [-0.15, -0.1) is 0 Å². The fourth-order valence-corrected chi connectivity index (χ4v) is 5.76.